The standard InChI is InChI=1S/C17H17FN2O2/c18-14-2-1-3-15(12-14)19-17(21)13-4-6-16(7-5-13)20-8-10-22-11-9-20/h1-7,12H,8-11H2,(H,19,21). The molecule has 1 amide bonds. The molecule has 0 aromatic heterocycles. The summed E-state index contributed by atoms with van der Waals surface area (Å²) in [6.45, 7) is 3.16. The maximum Gasteiger partial charge on any atom is 0.255 e. The van der Waals surface area contributed by atoms with Crippen molar-refractivity contribution >= 4 is 17.3 Å². The van der Waals surface area contributed by atoms with E-state index in [9.17, 15) is 9.18 Å². The number of nitrogens with zero attached hydrogens (tertiary/aromatic N) is 1. The fourth-order valence-corrected chi connectivity index (χ4v) is 2.41. The molecule has 0 saturated carbocycles. The lowest BCUT2D eigenvalue weighted by Gasteiger charge is -2.28. The van der Waals surface area contributed by atoms with E-state index in [2.05, 4.69) is 10.2 Å². The van der Waals surface area contributed by atoms with Crippen LogP contribution in [0, 0.1) is 5.82 Å². The van der Waals surface area contributed by atoms with Crippen molar-refractivity contribution in [2.75, 3.05) is 36.5 Å². The molecule has 0 spiro atoms. The number of morpholine rings is 1. The molecule has 2 aromatic carbocycles. The van der Waals surface area contributed by atoms with Crippen LogP contribution < -0.4 is 10.2 Å². The third-order valence-corrected chi connectivity index (χ3v) is 3.59. The van der Waals surface area contributed by atoms with Crippen molar-refractivity contribution in [3.8, 4) is 0 Å². The number of anilines is 2. The van der Waals surface area contributed by atoms with Gasteiger partial charge >= 0.3 is 0 Å². The summed E-state index contributed by atoms with van der Waals surface area (Å²) in [6.07, 6.45) is 0. The van der Waals surface area contributed by atoms with Gasteiger partial charge in [0.05, 0.1) is 13.2 Å². The highest BCUT2D eigenvalue weighted by molar-refractivity contribution is 6.04. The van der Waals surface area contributed by atoms with E-state index in [1.165, 1.54) is 12.1 Å². The number of benzene rings is 2. The van der Waals surface area contributed by atoms with Gasteiger partial charge in [0.1, 0.15) is 5.82 Å². The lowest BCUT2D eigenvalue weighted by molar-refractivity contribution is 0.102. The Kier molecular flexibility index (Phi) is 4.34. The maximum absolute atomic E-state index is 13.1. The van der Waals surface area contributed by atoms with E-state index in [1.807, 2.05) is 12.1 Å². The number of ether oxygens (including phenoxy) is 1. The summed E-state index contributed by atoms with van der Waals surface area (Å²) >= 11 is 0. The van der Waals surface area contributed by atoms with Gasteiger partial charge in [-0.1, -0.05) is 6.07 Å². The van der Waals surface area contributed by atoms with Crippen LogP contribution in [-0.2, 0) is 4.74 Å². The molecule has 1 fully saturated rings. The van der Waals surface area contributed by atoms with Crippen molar-refractivity contribution in [3.05, 3.63) is 59.9 Å². The molecule has 0 bridgehead atoms. The first-order valence-corrected chi connectivity index (χ1v) is 7.22. The molecule has 4 nitrogen and oxygen atoms in total. The van der Waals surface area contributed by atoms with Gasteiger partial charge in [0, 0.05) is 30.0 Å². The van der Waals surface area contributed by atoms with Gasteiger partial charge in [-0.3, -0.25) is 4.79 Å². The number of halogens is 1. The maximum atomic E-state index is 13.1. The molecule has 1 aliphatic rings. The van der Waals surface area contributed by atoms with Crippen LogP contribution in [0.15, 0.2) is 48.5 Å². The Morgan fingerprint density at radius 2 is 1.82 bits per heavy atom. The molecule has 0 aliphatic carbocycles. The highest BCUT2D eigenvalue weighted by atomic mass is 19.1. The quantitative estimate of drug-likeness (QED) is 0.947. The molecule has 2 aromatic rings. The summed E-state index contributed by atoms with van der Waals surface area (Å²) in [4.78, 5) is 14.4. The van der Waals surface area contributed by atoms with Gasteiger partial charge in [0.2, 0.25) is 0 Å². The molecule has 0 radical (unpaired) electrons. The minimum Gasteiger partial charge on any atom is -0.378 e. The van der Waals surface area contributed by atoms with Crippen LogP contribution >= 0.6 is 0 Å². The Morgan fingerprint density at radius 3 is 2.50 bits per heavy atom. The van der Waals surface area contributed by atoms with Crippen LogP contribution in [0.2, 0.25) is 0 Å². The predicted octanol–water partition coefficient (Wildman–Crippen LogP) is 2.91. The first kappa shape index (κ1) is 14.5. The Labute approximate surface area is 128 Å². The first-order chi connectivity index (χ1) is 10.7. The SMILES string of the molecule is O=C(Nc1cccc(F)c1)c1ccc(N2CCOCC2)cc1. The Bertz CT molecular complexity index is 652. The second-order valence-electron chi connectivity index (χ2n) is 5.11. The van der Waals surface area contributed by atoms with Crippen LogP contribution in [0.4, 0.5) is 15.8 Å². The molecule has 3 rings (SSSR count). The van der Waals surface area contributed by atoms with Gasteiger partial charge in [-0.25, -0.2) is 4.39 Å². The lowest BCUT2D eigenvalue weighted by Crippen LogP contribution is -2.36. The Hall–Kier alpha value is -2.40. The average molecular weight is 300 g/mol. The molecule has 5 heteroatoms. The molecule has 0 unspecified atom stereocenters. The summed E-state index contributed by atoms with van der Waals surface area (Å²) in [7, 11) is 0. The van der Waals surface area contributed by atoms with Gasteiger partial charge in [-0.2, -0.15) is 0 Å². The number of nitrogens with one attached hydrogen (secondary N) is 1. The topological polar surface area (TPSA) is 41.6 Å². The van der Waals surface area contributed by atoms with Crippen molar-refractivity contribution in [1.82, 2.24) is 0 Å². The number of hydrogen-bond acceptors (Lipinski definition) is 3. The number of carbonyl (C=O) groups excluding carboxylic acids is 1. The van der Waals surface area contributed by atoms with E-state index in [4.69, 9.17) is 4.74 Å². The van der Waals surface area contributed by atoms with E-state index in [1.54, 1.807) is 24.3 Å². The molecule has 0 atom stereocenters. The molecule has 22 heavy (non-hydrogen) atoms. The summed E-state index contributed by atoms with van der Waals surface area (Å²) in [5.74, 6) is -0.625. The van der Waals surface area contributed by atoms with E-state index in [0.717, 1.165) is 32.0 Å². The summed E-state index contributed by atoms with van der Waals surface area (Å²) in [5.41, 5.74) is 2.06. The van der Waals surface area contributed by atoms with Crippen LogP contribution in [0.25, 0.3) is 0 Å². The average Bonchev–Trinajstić information content (AvgIpc) is 2.56. The second kappa shape index (κ2) is 6.58. The second-order valence-corrected chi connectivity index (χ2v) is 5.11. The largest absolute Gasteiger partial charge is 0.378 e. The summed E-state index contributed by atoms with van der Waals surface area (Å²) in [5, 5.41) is 2.69. The molecule has 1 heterocycles. The minimum atomic E-state index is -0.375. The number of hydrogen-bond donors (Lipinski definition) is 1. The van der Waals surface area contributed by atoms with Gasteiger partial charge in [-0.05, 0) is 42.5 Å². The van der Waals surface area contributed by atoms with Crippen molar-refractivity contribution in [2.24, 2.45) is 0 Å². The zero-order valence-electron chi connectivity index (χ0n) is 12.1. The van der Waals surface area contributed by atoms with E-state index in [0.29, 0.717) is 11.3 Å². The van der Waals surface area contributed by atoms with Crippen molar-refractivity contribution in [3.63, 3.8) is 0 Å². The van der Waals surface area contributed by atoms with Crippen molar-refractivity contribution in [2.45, 2.75) is 0 Å². The van der Waals surface area contributed by atoms with Gasteiger partial charge < -0.3 is 15.0 Å². The predicted molar refractivity (Wildman–Crippen MR) is 83.8 cm³/mol. The summed E-state index contributed by atoms with van der Waals surface area (Å²) in [6, 6.07) is 13.2. The van der Waals surface area contributed by atoms with Gasteiger partial charge in [-0.15, -0.1) is 0 Å². The van der Waals surface area contributed by atoms with Crippen LogP contribution in [0.5, 0.6) is 0 Å². The van der Waals surface area contributed by atoms with Crippen LogP contribution in [0.1, 0.15) is 10.4 Å². The molecule has 114 valence electrons. The zero-order valence-corrected chi connectivity index (χ0v) is 12.1. The van der Waals surface area contributed by atoms with E-state index >= 15 is 0 Å². The lowest BCUT2D eigenvalue weighted by atomic mass is 10.1. The van der Waals surface area contributed by atoms with E-state index in [-0.39, 0.29) is 11.7 Å². The fraction of sp³-hybridized carbons (Fsp3) is 0.235. The number of rotatable bonds is 3. The molecule has 1 aliphatic heterocycles. The fourth-order valence-electron chi connectivity index (χ4n) is 2.41. The minimum absolute atomic E-state index is 0.251. The normalized spacial score (nSPS) is 14.7. The first-order valence-electron chi connectivity index (χ1n) is 7.22. The molecular weight excluding hydrogens is 283 g/mol. The molecule has 1 saturated heterocycles. The molecule has 1 N–H and O–H groups in total. The number of amides is 1. The zero-order chi connectivity index (χ0) is 15.4. The third kappa shape index (κ3) is 3.43. The van der Waals surface area contributed by atoms with Gasteiger partial charge in [0.15, 0.2) is 0 Å². The monoisotopic (exact) mass is 300 g/mol. The third-order valence-electron chi connectivity index (χ3n) is 3.59. The van der Waals surface area contributed by atoms with Crippen LogP contribution in [0.3, 0.4) is 0 Å². The van der Waals surface area contributed by atoms with Crippen molar-refractivity contribution in [1.29, 1.82) is 0 Å². The molecular formula is C17H17FN2O2. The van der Waals surface area contributed by atoms with Crippen molar-refractivity contribution < 1.29 is 13.9 Å². The summed E-state index contributed by atoms with van der Waals surface area (Å²) < 4.78 is 18.4. The number of carbonyl (C=O) groups is 1. The highest BCUT2D eigenvalue weighted by Crippen LogP contribution is 2.18. The van der Waals surface area contributed by atoms with Crippen LogP contribution in [-0.4, -0.2) is 32.2 Å². The van der Waals surface area contributed by atoms with E-state index < -0.39 is 0 Å². The highest BCUT2D eigenvalue weighted by Gasteiger charge is 2.12. The van der Waals surface area contributed by atoms with Gasteiger partial charge in [0.25, 0.3) is 5.91 Å². The smallest absolute Gasteiger partial charge is 0.255 e. The Morgan fingerprint density at radius 1 is 1.09 bits per heavy atom. The Balaban J connectivity index is 1.68.